The molecule has 0 bridgehead atoms. The second-order valence-corrected chi connectivity index (χ2v) is 6.36. The van der Waals surface area contributed by atoms with Gasteiger partial charge in [-0.15, -0.1) is 11.8 Å². The van der Waals surface area contributed by atoms with Crippen LogP contribution in [0.2, 0.25) is 0 Å². The Bertz CT molecular complexity index is 449. The van der Waals surface area contributed by atoms with Crippen molar-refractivity contribution in [1.82, 2.24) is 10.6 Å². The van der Waals surface area contributed by atoms with E-state index in [0.717, 1.165) is 25.9 Å². The zero-order valence-corrected chi connectivity index (χ0v) is 12.5. The molecular weight excluding hydrogens is 275 g/mol. The Labute approximate surface area is 123 Å². The van der Waals surface area contributed by atoms with Gasteiger partial charge in [-0.2, -0.15) is 0 Å². The van der Waals surface area contributed by atoms with Gasteiger partial charge in [0.15, 0.2) is 0 Å². The number of carbonyl (C=O) groups excluding carboxylic acids is 1. The van der Waals surface area contributed by atoms with E-state index in [2.05, 4.69) is 10.6 Å². The monoisotopic (exact) mass is 296 g/mol. The van der Waals surface area contributed by atoms with E-state index in [1.807, 2.05) is 6.92 Å². The maximum atomic E-state index is 13.6. The van der Waals surface area contributed by atoms with Gasteiger partial charge in [0.25, 0.3) is 0 Å². The zero-order chi connectivity index (χ0) is 14.4. The van der Waals surface area contributed by atoms with Crippen LogP contribution in [0.3, 0.4) is 0 Å². The Morgan fingerprint density at radius 2 is 2.15 bits per heavy atom. The number of benzene rings is 1. The van der Waals surface area contributed by atoms with Crippen LogP contribution < -0.4 is 10.6 Å². The van der Waals surface area contributed by atoms with Crippen molar-refractivity contribution in [3.8, 4) is 0 Å². The quantitative estimate of drug-likeness (QED) is 0.877. The van der Waals surface area contributed by atoms with E-state index in [9.17, 15) is 9.18 Å². The number of carbonyl (C=O) groups is 1. The fraction of sp³-hybridized carbons (Fsp3) is 0.533. The molecular formula is C15H21FN2OS. The Kier molecular flexibility index (Phi) is 5.86. The summed E-state index contributed by atoms with van der Waals surface area (Å²) in [6.07, 6.45) is 2.22. The molecule has 0 radical (unpaired) electrons. The summed E-state index contributed by atoms with van der Waals surface area (Å²) in [4.78, 5) is 11.9. The molecule has 0 saturated carbocycles. The molecule has 1 aliphatic rings. The summed E-state index contributed by atoms with van der Waals surface area (Å²) in [5.41, 5.74) is 0.535. The molecule has 1 aliphatic heterocycles. The van der Waals surface area contributed by atoms with Gasteiger partial charge in [-0.05, 0) is 38.9 Å². The molecule has 1 aromatic carbocycles. The second kappa shape index (κ2) is 7.64. The predicted octanol–water partition coefficient (Wildman–Crippen LogP) is 2.49. The van der Waals surface area contributed by atoms with E-state index >= 15 is 0 Å². The number of hydrogen-bond acceptors (Lipinski definition) is 3. The van der Waals surface area contributed by atoms with Gasteiger partial charge in [0.1, 0.15) is 5.82 Å². The standard InChI is InChI=1S/C15H21FN2OS/c1-11(13-4-2-3-5-14(13)16)18-15(19)10-20-12-6-8-17-9-7-12/h2-5,11-12,17H,6-10H2,1H3,(H,18,19). The van der Waals surface area contributed by atoms with Gasteiger partial charge in [-0.1, -0.05) is 18.2 Å². The number of amides is 1. The lowest BCUT2D eigenvalue weighted by Gasteiger charge is -2.22. The van der Waals surface area contributed by atoms with Crippen LogP contribution in [0.25, 0.3) is 0 Å². The zero-order valence-electron chi connectivity index (χ0n) is 11.7. The summed E-state index contributed by atoms with van der Waals surface area (Å²) in [6, 6.07) is 6.27. The molecule has 20 heavy (non-hydrogen) atoms. The van der Waals surface area contributed by atoms with Crippen molar-refractivity contribution in [2.75, 3.05) is 18.8 Å². The van der Waals surface area contributed by atoms with Crippen molar-refractivity contribution in [2.24, 2.45) is 0 Å². The van der Waals surface area contributed by atoms with Crippen LogP contribution in [-0.4, -0.2) is 30.0 Å². The van der Waals surface area contributed by atoms with E-state index in [1.165, 1.54) is 6.07 Å². The molecule has 0 spiro atoms. The topological polar surface area (TPSA) is 41.1 Å². The molecule has 1 saturated heterocycles. The first-order valence-electron chi connectivity index (χ1n) is 7.03. The summed E-state index contributed by atoms with van der Waals surface area (Å²) in [5.74, 6) is 0.152. The van der Waals surface area contributed by atoms with Crippen molar-refractivity contribution >= 4 is 17.7 Å². The number of nitrogens with one attached hydrogen (secondary N) is 2. The summed E-state index contributed by atoms with van der Waals surface area (Å²) < 4.78 is 13.6. The molecule has 5 heteroatoms. The van der Waals surface area contributed by atoms with Crippen molar-refractivity contribution in [2.45, 2.75) is 31.1 Å². The van der Waals surface area contributed by atoms with Gasteiger partial charge in [0, 0.05) is 10.8 Å². The van der Waals surface area contributed by atoms with Crippen molar-refractivity contribution in [3.63, 3.8) is 0 Å². The Morgan fingerprint density at radius 3 is 2.85 bits per heavy atom. The summed E-state index contributed by atoms with van der Waals surface area (Å²) in [6.45, 7) is 3.88. The van der Waals surface area contributed by atoms with Gasteiger partial charge in [-0.3, -0.25) is 4.79 Å². The van der Waals surface area contributed by atoms with Crippen molar-refractivity contribution in [3.05, 3.63) is 35.6 Å². The maximum Gasteiger partial charge on any atom is 0.230 e. The van der Waals surface area contributed by atoms with Crippen molar-refractivity contribution in [1.29, 1.82) is 0 Å². The third kappa shape index (κ3) is 4.49. The third-order valence-electron chi connectivity index (χ3n) is 3.49. The molecule has 1 unspecified atom stereocenters. The normalized spacial score (nSPS) is 17.7. The smallest absolute Gasteiger partial charge is 0.230 e. The highest BCUT2D eigenvalue weighted by Gasteiger charge is 2.17. The minimum absolute atomic E-state index is 0.0238. The van der Waals surface area contributed by atoms with Crippen LogP contribution in [0.5, 0.6) is 0 Å². The van der Waals surface area contributed by atoms with Gasteiger partial charge in [0.05, 0.1) is 11.8 Å². The Balaban J connectivity index is 1.77. The Morgan fingerprint density at radius 1 is 1.45 bits per heavy atom. The van der Waals surface area contributed by atoms with Crippen LogP contribution in [0.15, 0.2) is 24.3 Å². The molecule has 1 amide bonds. The van der Waals surface area contributed by atoms with Crippen LogP contribution in [0, 0.1) is 5.82 Å². The number of hydrogen-bond donors (Lipinski definition) is 2. The average molecular weight is 296 g/mol. The molecule has 1 atom stereocenters. The molecule has 1 fully saturated rings. The largest absolute Gasteiger partial charge is 0.349 e. The molecule has 1 heterocycles. The SMILES string of the molecule is CC(NC(=O)CSC1CCNCC1)c1ccccc1F. The average Bonchev–Trinajstić information content (AvgIpc) is 2.46. The van der Waals surface area contributed by atoms with Crippen molar-refractivity contribution < 1.29 is 9.18 Å². The lowest BCUT2D eigenvalue weighted by Crippen LogP contribution is -2.32. The van der Waals surface area contributed by atoms with Crippen LogP contribution in [-0.2, 0) is 4.79 Å². The second-order valence-electron chi connectivity index (χ2n) is 5.07. The highest BCUT2D eigenvalue weighted by atomic mass is 32.2. The maximum absolute atomic E-state index is 13.6. The number of piperidine rings is 1. The number of thioether (sulfide) groups is 1. The summed E-state index contributed by atoms with van der Waals surface area (Å²) >= 11 is 1.70. The molecule has 110 valence electrons. The molecule has 3 nitrogen and oxygen atoms in total. The van der Waals surface area contributed by atoms with Gasteiger partial charge in [-0.25, -0.2) is 4.39 Å². The van der Waals surface area contributed by atoms with Crippen LogP contribution in [0.4, 0.5) is 4.39 Å². The lowest BCUT2D eigenvalue weighted by molar-refractivity contribution is -0.119. The van der Waals surface area contributed by atoms with Gasteiger partial charge >= 0.3 is 0 Å². The first-order chi connectivity index (χ1) is 9.66. The first-order valence-corrected chi connectivity index (χ1v) is 8.08. The highest BCUT2D eigenvalue weighted by molar-refractivity contribution is 8.00. The van der Waals surface area contributed by atoms with E-state index in [4.69, 9.17) is 0 Å². The summed E-state index contributed by atoms with van der Waals surface area (Å²) in [5, 5.41) is 6.73. The molecule has 2 rings (SSSR count). The number of rotatable bonds is 5. The fourth-order valence-electron chi connectivity index (χ4n) is 2.34. The van der Waals surface area contributed by atoms with E-state index in [1.54, 1.807) is 30.0 Å². The Hall–Kier alpha value is -1.07. The van der Waals surface area contributed by atoms with Crippen LogP contribution in [0.1, 0.15) is 31.4 Å². The molecule has 0 aromatic heterocycles. The minimum atomic E-state index is -0.294. The van der Waals surface area contributed by atoms with E-state index < -0.39 is 0 Å². The summed E-state index contributed by atoms with van der Waals surface area (Å²) in [7, 11) is 0. The highest BCUT2D eigenvalue weighted by Crippen LogP contribution is 2.21. The van der Waals surface area contributed by atoms with E-state index in [-0.39, 0.29) is 17.8 Å². The minimum Gasteiger partial charge on any atom is -0.349 e. The predicted molar refractivity (Wildman–Crippen MR) is 81.3 cm³/mol. The first kappa shape index (κ1) is 15.3. The van der Waals surface area contributed by atoms with Gasteiger partial charge < -0.3 is 10.6 Å². The van der Waals surface area contributed by atoms with E-state index in [0.29, 0.717) is 16.6 Å². The fourth-order valence-corrected chi connectivity index (χ4v) is 3.38. The van der Waals surface area contributed by atoms with Gasteiger partial charge in [0.2, 0.25) is 5.91 Å². The molecule has 0 aliphatic carbocycles. The third-order valence-corrected chi connectivity index (χ3v) is 4.86. The molecule has 1 aromatic rings. The number of halogens is 1. The lowest BCUT2D eigenvalue weighted by atomic mass is 10.1. The van der Waals surface area contributed by atoms with Crippen LogP contribution >= 0.6 is 11.8 Å². The molecule has 2 N–H and O–H groups in total.